The molecule has 0 unspecified atom stereocenters. The first kappa shape index (κ1) is 12.0. The number of hydrogen-bond acceptors (Lipinski definition) is 3. The lowest BCUT2D eigenvalue weighted by molar-refractivity contribution is 0.788. The Labute approximate surface area is 119 Å². The van der Waals surface area contributed by atoms with Crippen LogP contribution in [0.4, 0.5) is 0 Å². The largest absolute Gasteiger partial charge is 0.192 e. The van der Waals surface area contributed by atoms with E-state index in [1.807, 2.05) is 55.5 Å². The Kier molecular flexibility index (Phi) is 3.13. The fraction of sp³-hybridized carbons (Fsp3) is 0.0714. The van der Waals surface area contributed by atoms with Gasteiger partial charge in [0.05, 0.1) is 5.69 Å². The predicted molar refractivity (Wildman–Crippen MR) is 77.0 cm³/mol. The van der Waals surface area contributed by atoms with Gasteiger partial charge in [0.1, 0.15) is 0 Å². The molecule has 0 N–H and O–H groups in total. The third-order valence-electron chi connectivity index (χ3n) is 2.83. The van der Waals surface area contributed by atoms with E-state index in [9.17, 15) is 0 Å². The van der Waals surface area contributed by atoms with Crippen LogP contribution in [-0.4, -0.2) is 20.2 Å². The van der Waals surface area contributed by atoms with Gasteiger partial charge in [-0.25, -0.2) is 0 Å². The van der Waals surface area contributed by atoms with E-state index in [0.29, 0.717) is 0 Å². The topological polar surface area (TPSA) is 43.6 Å². The molecule has 0 saturated carbocycles. The van der Waals surface area contributed by atoms with Crippen LogP contribution in [0.5, 0.6) is 0 Å². The van der Waals surface area contributed by atoms with E-state index in [1.165, 1.54) is 0 Å². The van der Waals surface area contributed by atoms with Crippen LogP contribution >= 0.6 is 15.9 Å². The number of tetrazole rings is 1. The van der Waals surface area contributed by atoms with Gasteiger partial charge in [0.25, 0.3) is 0 Å². The van der Waals surface area contributed by atoms with Gasteiger partial charge >= 0.3 is 0 Å². The van der Waals surface area contributed by atoms with E-state index in [-0.39, 0.29) is 0 Å². The van der Waals surface area contributed by atoms with Gasteiger partial charge in [-0.15, -0.1) is 5.10 Å². The van der Waals surface area contributed by atoms with Crippen molar-refractivity contribution in [1.29, 1.82) is 0 Å². The SMILES string of the molecule is Cc1ccc(Br)c(-n2nnnc2-c2ccccc2)c1. The Morgan fingerprint density at radius 1 is 1.05 bits per heavy atom. The van der Waals surface area contributed by atoms with Crippen LogP contribution in [0, 0.1) is 6.92 Å². The van der Waals surface area contributed by atoms with E-state index in [2.05, 4.69) is 31.5 Å². The molecule has 0 atom stereocenters. The van der Waals surface area contributed by atoms with Crippen LogP contribution in [-0.2, 0) is 0 Å². The van der Waals surface area contributed by atoms with Gasteiger partial charge in [-0.05, 0) is 51.0 Å². The number of aromatic nitrogens is 4. The second-order valence-electron chi connectivity index (χ2n) is 4.24. The molecule has 4 nitrogen and oxygen atoms in total. The maximum absolute atomic E-state index is 4.11. The van der Waals surface area contributed by atoms with Gasteiger partial charge in [-0.2, -0.15) is 4.68 Å². The molecule has 0 radical (unpaired) electrons. The first-order valence-electron chi connectivity index (χ1n) is 5.86. The molecule has 1 heterocycles. The number of aryl methyl sites for hydroxylation is 1. The van der Waals surface area contributed by atoms with E-state index in [1.54, 1.807) is 4.68 Å². The van der Waals surface area contributed by atoms with Crippen molar-refractivity contribution in [1.82, 2.24) is 20.2 Å². The molecule has 0 bridgehead atoms. The smallest absolute Gasteiger partial charge is 0.187 e. The van der Waals surface area contributed by atoms with Crippen molar-refractivity contribution >= 4 is 15.9 Å². The molecule has 0 saturated heterocycles. The summed E-state index contributed by atoms with van der Waals surface area (Å²) in [5.41, 5.74) is 3.08. The molecule has 0 aliphatic heterocycles. The van der Waals surface area contributed by atoms with Crippen molar-refractivity contribution < 1.29 is 0 Å². The van der Waals surface area contributed by atoms with Gasteiger partial charge in [0.15, 0.2) is 5.82 Å². The third kappa shape index (κ3) is 2.29. The van der Waals surface area contributed by atoms with Crippen molar-refractivity contribution in [2.24, 2.45) is 0 Å². The lowest BCUT2D eigenvalue weighted by atomic mass is 10.2. The quantitative estimate of drug-likeness (QED) is 0.728. The summed E-state index contributed by atoms with van der Waals surface area (Å²) in [5.74, 6) is 0.729. The molecule has 0 spiro atoms. The van der Waals surface area contributed by atoms with E-state index in [0.717, 1.165) is 27.1 Å². The minimum absolute atomic E-state index is 0.729. The maximum Gasteiger partial charge on any atom is 0.187 e. The summed E-state index contributed by atoms with van der Waals surface area (Å²) in [6, 6.07) is 16.0. The zero-order valence-corrected chi connectivity index (χ0v) is 11.9. The molecule has 0 aliphatic carbocycles. The molecular formula is C14H11BrN4. The Hall–Kier alpha value is -2.01. The molecule has 3 aromatic rings. The van der Waals surface area contributed by atoms with Gasteiger partial charge < -0.3 is 0 Å². The maximum atomic E-state index is 4.11. The molecule has 94 valence electrons. The van der Waals surface area contributed by atoms with E-state index in [4.69, 9.17) is 0 Å². The van der Waals surface area contributed by atoms with Crippen molar-refractivity contribution in [3.8, 4) is 17.1 Å². The van der Waals surface area contributed by atoms with Crippen LogP contribution in [0.25, 0.3) is 17.1 Å². The number of hydrogen-bond donors (Lipinski definition) is 0. The summed E-state index contributed by atoms with van der Waals surface area (Å²) in [7, 11) is 0. The molecule has 1 aromatic heterocycles. The van der Waals surface area contributed by atoms with Crippen LogP contribution < -0.4 is 0 Å². The number of rotatable bonds is 2. The van der Waals surface area contributed by atoms with Crippen LogP contribution in [0.2, 0.25) is 0 Å². The molecule has 0 fully saturated rings. The summed E-state index contributed by atoms with van der Waals surface area (Å²) < 4.78 is 2.70. The number of nitrogens with zero attached hydrogens (tertiary/aromatic N) is 4. The minimum atomic E-state index is 0.729. The summed E-state index contributed by atoms with van der Waals surface area (Å²) in [4.78, 5) is 0. The predicted octanol–water partition coefficient (Wildman–Crippen LogP) is 3.40. The highest BCUT2D eigenvalue weighted by Crippen LogP contribution is 2.25. The van der Waals surface area contributed by atoms with Crippen LogP contribution in [0.1, 0.15) is 5.56 Å². The van der Waals surface area contributed by atoms with Gasteiger partial charge in [0, 0.05) is 10.0 Å². The number of halogens is 1. The standard InChI is InChI=1S/C14H11BrN4/c1-10-7-8-12(15)13(9-10)19-14(16-17-18-19)11-5-3-2-4-6-11/h2-9H,1H3. The first-order chi connectivity index (χ1) is 9.25. The highest BCUT2D eigenvalue weighted by Gasteiger charge is 2.12. The highest BCUT2D eigenvalue weighted by atomic mass is 79.9. The van der Waals surface area contributed by atoms with Gasteiger partial charge in [0.2, 0.25) is 0 Å². The normalized spacial score (nSPS) is 10.6. The summed E-state index contributed by atoms with van der Waals surface area (Å²) >= 11 is 3.54. The van der Waals surface area contributed by atoms with Crippen LogP contribution in [0.3, 0.4) is 0 Å². The summed E-state index contributed by atoms with van der Waals surface area (Å²) in [6.07, 6.45) is 0. The molecule has 5 heteroatoms. The Bertz CT molecular complexity index is 706. The van der Waals surface area contributed by atoms with Crippen molar-refractivity contribution in [3.63, 3.8) is 0 Å². The zero-order chi connectivity index (χ0) is 13.2. The summed E-state index contributed by atoms with van der Waals surface area (Å²) in [6.45, 7) is 2.04. The second-order valence-corrected chi connectivity index (χ2v) is 5.09. The first-order valence-corrected chi connectivity index (χ1v) is 6.65. The Morgan fingerprint density at radius 2 is 1.84 bits per heavy atom. The van der Waals surface area contributed by atoms with Crippen molar-refractivity contribution in [2.75, 3.05) is 0 Å². The lowest BCUT2D eigenvalue weighted by Crippen LogP contribution is -2.01. The molecule has 0 amide bonds. The fourth-order valence-electron chi connectivity index (χ4n) is 1.90. The zero-order valence-electron chi connectivity index (χ0n) is 10.3. The Morgan fingerprint density at radius 3 is 2.63 bits per heavy atom. The molecular weight excluding hydrogens is 304 g/mol. The van der Waals surface area contributed by atoms with Crippen molar-refractivity contribution in [2.45, 2.75) is 6.92 Å². The molecule has 0 aliphatic rings. The highest BCUT2D eigenvalue weighted by molar-refractivity contribution is 9.10. The minimum Gasteiger partial charge on any atom is -0.192 e. The average Bonchev–Trinajstić information content (AvgIpc) is 2.91. The van der Waals surface area contributed by atoms with Crippen LogP contribution in [0.15, 0.2) is 53.0 Å². The van der Waals surface area contributed by atoms with Crippen molar-refractivity contribution in [3.05, 3.63) is 58.6 Å². The molecule has 3 rings (SSSR count). The number of benzene rings is 2. The monoisotopic (exact) mass is 314 g/mol. The third-order valence-corrected chi connectivity index (χ3v) is 3.50. The summed E-state index contributed by atoms with van der Waals surface area (Å²) in [5, 5.41) is 12.0. The molecule has 19 heavy (non-hydrogen) atoms. The average molecular weight is 315 g/mol. The van der Waals surface area contributed by atoms with Gasteiger partial charge in [-0.1, -0.05) is 36.4 Å². The Balaban J connectivity index is 2.18. The molecule has 2 aromatic carbocycles. The lowest BCUT2D eigenvalue weighted by Gasteiger charge is -2.07. The van der Waals surface area contributed by atoms with E-state index < -0.39 is 0 Å². The van der Waals surface area contributed by atoms with Gasteiger partial charge in [-0.3, -0.25) is 0 Å². The fourth-order valence-corrected chi connectivity index (χ4v) is 2.32. The second kappa shape index (κ2) is 4.93. The van der Waals surface area contributed by atoms with E-state index >= 15 is 0 Å².